The molecule has 152 valence electrons. The maximum absolute atomic E-state index is 12.4. The highest BCUT2D eigenvalue weighted by molar-refractivity contribution is 7.90. The number of fused-ring (bicyclic) bond motifs is 1. The lowest BCUT2D eigenvalue weighted by molar-refractivity contribution is -0.117. The zero-order valence-electron chi connectivity index (χ0n) is 16.6. The Labute approximate surface area is 175 Å². The molecule has 0 aliphatic carbocycles. The first-order valence-corrected chi connectivity index (χ1v) is 12.0. The van der Waals surface area contributed by atoms with Crippen molar-refractivity contribution < 1.29 is 13.2 Å². The third-order valence-electron chi connectivity index (χ3n) is 4.69. The molecule has 0 saturated heterocycles. The standard InChI is InChI=1S/C22H24N2O3S2/c1-4-11-24-19-13-16(2)17(3)14-20(19)28-22(24)23-21(25)10-12-29(26,27)15-18-8-6-5-7-9-18/h4-9,13-14H,1,10-12,15H2,2-3H3. The van der Waals surface area contributed by atoms with Gasteiger partial charge in [-0.2, -0.15) is 4.99 Å². The Morgan fingerprint density at radius 2 is 1.86 bits per heavy atom. The molecule has 29 heavy (non-hydrogen) atoms. The molecule has 1 aromatic heterocycles. The maximum atomic E-state index is 12.4. The van der Waals surface area contributed by atoms with E-state index in [4.69, 9.17) is 0 Å². The number of hydrogen-bond donors (Lipinski definition) is 0. The molecular formula is C22H24N2O3S2. The summed E-state index contributed by atoms with van der Waals surface area (Å²) in [4.78, 5) is 17.2. The van der Waals surface area contributed by atoms with Crippen LogP contribution < -0.4 is 4.80 Å². The van der Waals surface area contributed by atoms with Crippen molar-refractivity contribution in [2.45, 2.75) is 32.6 Å². The molecule has 0 unspecified atom stereocenters. The molecule has 0 fully saturated rings. The number of nitrogens with zero attached hydrogens (tertiary/aromatic N) is 2. The van der Waals surface area contributed by atoms with Gasteiger partial charge in [0.15, 0.2) is 14.6 Å². The van der Waals surface area contributed by atoms with Gasteiger partial charge in [0.1, 0.15) is 0 Å². The molecule has 3 aromatic rings. The number of carbonyl (C=O) groups excluding carboxylic acids is 1. The molecular weight excluding hydrogens is 404 g/mol. The molecule has 0 bridgehead atoms. The molecule has 1 amide bonds. The second-order valence-electron chi connectivity index (χ2n) is 7.02. The number of thiazole rings is 1. The normalized spacial score (nSPS) is 12.4. The Balaban J connectivity index is 1.82. The number of rotatable bonds is 7. The number of aryl methyl sites for hydroxylation is 2. The van der Waals surface area contributed by atoms with Crippen molar-refractivity contribution in [2.75, 3.05) is 5.75 Å². The third kappa shape index (κ3) is 5.31. The largest absolute Gasteiger partial charge is 0.312 e. The van der Waals surface area contributed by atoms with E-state index in [-0.39, 0.29) is 17.9 Å². The molecule has 1 heterocycles. The highest BCUT2D eigenvalue weighted by atomic mass is 32.2. The fraction of sp³-hybridized carbons (Fsp3) is 0.273. The Morgan fingerprint density at radius 1 is 1.17 bits per heavy atom. The van der Waals surface area contributed by atoms with Crippen LogP contribution in [0.15, 0.2) is 60.1 Å². The average molecular weight is 429 g/mol. The van der Waals surface area contributed by atoms with E-state index in [0.717, 1.165) is 21.3 Å². The van der Waals surface area contributed by atoms with Crippen LogP contribution >= 0.6 is 11.3 Å². The zero-order valence-corrected chi connectivity index (χ0v) is 18.2. The fourth-order valence-corrected chi connectivity index (χ4v) is 5.48. The van der Waals surface area contributed by atoms with Gasteiger partial charge in [-0.3, -0.25) is 4.79 Å². The molecule has 0 aliphatic rings. The van der Waals surface area contributed by atoms with E-state index in [1.54, 1.807) is 30.3 Å². The van der Waals surface area contributed by atoms with Crippen molar-refractivity contribution in [3.63, 3.8) is 0 Å². The summed E-state index contributed by atoms with van der Waals surface area (Å²) in [5.41, 5.74) is 4.06. The molecule has 0 radical (unpaired) electrons. The highest BCUT2D eigenvalue weighted by Gasteiger charge is 2.15. The van der Waals surface area contributed by atoms with Gasteiger partial charge in [-0.15, -0.1) is 6.58 Å². The molecule has 0 atom stereocenters. The molecule has 5 nitrogen and oxygen atoms in total. The van der Waals surface area contributed by atoms with Gasteiger partial charge in [0.2, 0.25) is 5.91 Å². The number of carbonyl (C=O) groups is 1. The van der Waals surface area contributed by atoms with E-state index in [1.165, 1.54) is 16.9 Å². The predicted octanol–water partition coefficient (Wildman–Crippen LogP) is 3.94. The molecule has 0 N–H and O–H groups in total. The van der Waals surface area contributed by atoms with Gasteiger partial charge in [0.25, 0.3) is 0 Å². The molecule has 0 aliphatic heterocycles. The Kier molecular flexibility index (Phi) is 6.49. The lowest BCUT2D eigenvalue weighted by atomic mass is 10.1. The Bertz CT molecular complexity index is 1220. The topological polar surface area (TPSA) is 68.5 Å². The van der Waals surface area contributed by atoms with Crippen LogP contribution in [0.2, 0.25) is 0 Å². The van der Waals surface area contributed by atoms with Crippen LogP contribution in [-0.4, -0.2) is 24.6 Å². The molecule has 2 aromatic carbocycles. The van der Waals surface area contributed by atoms with Gasteiger partial charge < -0.3 is 4.57 Å². The predicted molar refractivity (Wildman–Crippen MR) is 119 cm³/mol. The minimum Gasteiger partial charge on any atom is -0.312 e. The lowest BCUT2D eigenvalue weighted by Gasteiger charge is -2.04. The Morgan fingerprint density at radius 3 is 2.55 bits per heavy atom. The summed E-state index contributed by atoms with van der Waals surface area (Å²) >= 11 is 1.43. The number of amides is 1. The number of hydrogen-bond acceptors (Lipinski definition) is 4. The van der Waals surface area contributed by atoms with E-state index in [1.807, 2.05) is 24.5 Å². The summed E-state index contributed by atoms with van der Waals surface area (Å²) in [6, 6.07) is 13.1. The van der Waals surface area contributed by atoms with Crippen LogP contribution in [0.4, 0.5) is 0 Å². The minimum atomic E-state index is -3.38. The van der Waals surface area contributed by atoms with Crippen molar-refractivity contribution >= 4 is 37.3 Å². The van der Waals surface area contributed by atoms with Gasteiger partial charge in [0.05, 0.1) is 21.7 Å². The van der Waals surface area contributed by atoms with E-state index in [0.29, 0.717) is 11.3 Å². The van der Waals surface area contributed by atoms with E-state index in [9.17, 15) is 13.2 Å². The van der Waals surface area contributed by atoms with E-state index < -0.39 is 15.7 Å². The smallest absolute Gasteiger partial charge is 0.249 e. The van der Waals surface area contributed by atoms with Gasteiger partial charge in [0, 0.05) is 13.0 Å². The molecule has 7 heteroatoms. The van der Waals surface area contributed by atoms with Crippen LogP contribution in [0.25, 0.3) is 10.2 Å². The maximum Gasteiger partial charge on any atom is 0.249 e. The Hall–Kier alpha value is -2.51. The van der Waals surface area contributed by atoms with Crippen molar-refractivity contribution in [1.82, 2.24) is 4.57 Å². The summed E-state index contributed by atoms with van der Waals surface area (Å²) in [5.74, 6) is -0.715. The minimum absolute atomic E-state index is 0.0704. The molecule has 0 saturated carbocycles. The summed E-state index contributed by atoms with van der Waals surface area (Å²) < 4.78 is 27.6. The quantitative estimate of drug-likeness (QED) is 0.535. The fourth-order valence-electron chi connectivity index (χ4n) is 3.02. The first-order valence-electron chi connectivity index (χ1n) is 9.32. The van der Waals surface area contributed by atoms with Crippen molar-refractivity contribution in [3.05, 3.63) is 76.6 Å². The third-order valence-corrected chi connectivity index (χ3v) is 7.33. The highest BCUT2D eigenvalue weighted by Crippen LogP contribution is 2.22. The van der Waals surface area contributed by atoms with Crippen molar-refractivity contribution in [2.24, 2.45) is 4.99 Å². The first kappa shape index (κ1) is 21.2. The van der Waals surface area contributed by atoms with E-state index >= 15 is 0 Å². The van der Waals surface area contributed by atoms with E-state index in [2.05, 4.69) is 23.7 Å². The molecule has 3 rings (SSSR count). The average Bonchev–Trinajstić information content (AvgIpc) is 2.98. The van der Waals surface area contributed by atoms with Gasteiger partial charge in [-0.1, -0.05) is 47.7 Å². The van der Waals surface area contributed by atoms with Crippen LogP contribution in [0, 0.1) is 13.8 Å². The second kappa shape index (κ2) is 8.88. The van der Waals surface area contributed by atoms with Gasteiger partial charge in [-0.25, -0.2) is 8.42 Å². The second-order valence-corrected chi connectivity index (χ2v) is 10.2. The van der Waals surface area contributed by atoms with Crippen molar-refractivity contribution in [1.29, 1.82) is 0 Å². The number of benzene rings is 2. The summed E-state index contributed by atoms with van der Waals surface area (Å²) in [5, 5.41) is 0. The summed E-state index contributed by atoms with van der Waals surface area (Å²) in [6.07, 6.45) is 1.63. The summed E-state index contributed by atoms with van der Waals surface area (Å²) in [7, 11) is -3.38. The number of aromatic nitrogens is 1. The number of sulfone groups is 1. The zero-order chi connectivity index (χ0) is 21.0. The monoisotopic (exact) mass is 428 g/mol. The number of allylic oxidation sites excluding steroid dienone is 1. The van der Waals surface area contributed by atoms with Gasteiger partial charge >= 0.3 is 0 Å². The lowest BCUT2D eigenvalue weighted by Crippen LogP contribution is -2.18. The molecule has 0 spiro atoms. The van der Waals surface area contributed by atoms with Crippen LogP contribution in [0.1, 0.15) is 23.1 Å². The van der Waals surface area contributed by atoms with Crippen LogP contribution in [-0.2, 0) is 26.9 Å². The van der Waals surface area contributed by atoms with Crippen LogP contribution in [0.5, 0.6) is 0 Å². The van der Waals surface area contributed by atoms with Crippen molar-refractivity contribution in [3.8, 4) is 0 Å². The van der Waals surface area contributed by atoms with Crippen LogP contribution in [0.3, 0.4) is 0 Å². The summed E-state index contributed by atoms with van der Waals surface area (Å²) in [6.45, 7) is 8.41. The SMILES string of the molecule is C=CCn1c(=NC(=O)CCS(=O)(=O)Cc2ccccc2)sc2cc(C)c(C)cc21. The van der Waals surface area contributed by atoms with Gasteiger partial charge in [-0.05, 0) is 42.7 Å². The first-order chi connectivity index (χ1) is 13.8.